The predicted molar refractivity (Wildman–Crippen MR) is 81.5 cm³/mol. The number of hydrogen-bond acceptors (Lipinski definition) is 3. The van der Waals surface area contributed by atoms with Gasteiger partial charge in [-0.3, -0.25) is 9.59 Å². The maximum Gasteiger partial charge on any atom is 0.239 e. The Hall–Kier alpha value is -1.88. The highest BCUT2D eigenvalue weighted by Gasteiger charge is 2.29. The van der Waals surface area contributed by atoms with E-state index in [9.17, 15) is 9.59 Å². The Morgan fingerprint density at radius 1 is 1.29 bits per heavy atom. The Morgan fingerprint density at radius 2 is 1.90 bits per heavy atom. The third-order valence-electron chi connectivity index (χ3n) is 4.04. The highest BCUT2D eigenvalue weighted by molar-refractivity contribution is 5.83. The Labute approximate surface area is 125 Å². The third-order valence-corrected chi connectivity index (χ3v) is 4.04. The van der Waals surface area contributed by atoms with Gasteiger partial charge in [0.15, 0.2) is 0 Å². The summed E-state index contributed by atoms with van der Waals surface area (Å²) >= 11 is 0. The molecule has 1 heterocycles. The van der Waals surface area contributed by atoms with Crippen LogP contribution in [0.2, 0.25) is 0 Å². The second-order valence-electron chi connectivity index (χ2n) is 5.51. The summed E-state index contributed by atoms with van der Waals surface area (Å²) in [5.74, 6) is 0.0642. The van der Waals surface area contributed by atoms with E-state index in [-0.39, 0.29) is 17.7 Å². The van der Waals surface area contributed by atoms with Gasteiger partial charge in [-0.1, -0.05) is 30.3 Å². The average Bonchev–Trinajstić information content (AvgIpc) is 2.54. The number of hydrogen-bond donors (Lipinski definition) is 2. The lowest BCUT2D eigenvalue weighted by molar-refractivity contribution is -0.136. The number of piperidine rings is 1. The van der Waals surface area contributed by atoms with Crippen LogP contribution >= 0.6 is 0 Å². The standard InChI is InChI=1S/C16H23N3O2/c1-18-15(20)13-7-9-19(10-8-13)16(21)14(17)11-12-5-3-2-4-6-12/h2-6,13-14H,7-11,17H2,1H3,(H,18,20). The number of carbonyl (C=O) groups excluding carboxylic acids is 2. The van der Waals surface area contributed by atoms with Crippen molar-refractivity contribution in [3.05, 3.63) is 35.9 Å². The predicted octanol–water partition coefficient (Wildman–Crippen LogP) is 0.541. The quantitative estimate of drug-likeness (QED) is 0.849. The first-order valence-corrected chi connectivity index (χ1v) is 7.41. The average molecular weight is 289 g/mol. The highest BCUT2D eigenvalue weighted by atomic mass is 16.2. The molecular weight excluding hydrogens is 266 g/mol. The molecule has 1 unspecified atom stereocenters. The highest BCUT2D eigenvalue weighted by Crippen LogP contribution is 2.18. The molecular formula is C16H23N3O2. The van der Waals surface area contributed by atoms with E-state index >= 15 is 0 Å². The fourth-order valence-electron chi connectivity index (χ4n) is 2.76. The lowest BCUT2D eigenvalue weighted by Gasteiger charge is -2.32. The third kappa shape index (κ3) is 4.04. The molecule has 114 valence electrons. The first kappa shape index (κ1) is 15.5. The molecule has 1 fully saturated rings. The summed E-state index contributed by atoms with van der Waals surface area (Å²) in [4.78, 5) is 25.7. The van der Waals surface area contributed by atoms with E-state index in [1.54, 1.807) is 11.9 Å². The SMILES string of the molecule is CNC(=O)C1CCN(C(=O)C(N)Cc2ccccc2)CC1. The van der Waals surface area contributed by atoms with Crippen LogP contribution < -0.4 is 11.1 Å². The van der Waals surface area contributed by atoms with E-state index in [0.29, 0.717) is 32.4 Å². The molecule has 1 aliphatic heterocycles. The van der Waals surface area contributed by atoms with Gasteiger partial charge in [-0.2, -0.15) is 0 Å². The van der Waals surface area contributed by atoms with E-state index < -0.39 is 6.04 Å². The molecule has 0 bridgehead atoms. The first-order chi connectivity index (χ1) is 10.1. The monoisotopic (exact) mass is 289 g/mol. The zero-order valence-corrected chi connectivity index (χ0v) is 12.4. The van der Waals surface area contributed by atoms with Crippen LogP contribution in [0.4, 0.5) is 0 Å². The Kier molecular flexibility index (Phi) is 5.33. The van der Waals surface area contributed by atoms with Crippen LogP contribution in [0, 0.1) is 5.92 Å². The minimum atomic E-state index is -0.510. The number of benzene rings is 1. The van der Waals surface area contributed by atoms with Crippen LogP contribution in [-0.2, 0) is 16.0 Å². The van der Waals surface area contributed by atoms with Crippen LogP contribution in [0.25, 0.3) is 0 Å². The van der Waals surface area contributed by atoms with Gasteiger partial charge in [0.25, 0.3) is 0 Å². The van der Waals surface area contributed by atoms with Gasteiger partial charge in [-0.25, -0.2) is 0 Å². The number of likely N-dealkylation sites (tertiary alicyclic amines) is 1. The van der Waals surface area contributed by atoms with E-state index in [4.69, 9.17) is 5.73 Å². The molecule has 5 nitrogen and oxygen atoms in total. The van der Waals surface area contributed by atoms with Crippen molar-refractivity contribution in [2.75, 3.05) is 20.1 Å². The normalized spacial score (nSPS) is 17.3. The van der Waals surface area contributed by atoms with Crippen LogP contribution in [0.5, 0.6) is 0 Å². The minimum absolute atomic E-state index is 0.0180. The topological polar surface area (TPSA) is 75.4 Å². The number of carbonyl (C=O) groups is 2. The van der Waals surface area contributed by atoms with Crippen molar-refractivity contribution in [2.45, 2.75) is 25.3 Å². The van der Waals surface area contributed by atoms with Crippen LogP contribution in [-0.4, -0.2) is 42.9 Å². The first-order valence-electron chi connectivity index (χ1n) is 7.41. The molecule has 0 aromatic heterocycles. The van der Waals surface area contributed by atoms with Gasteiger partial charge in [-0.05, 0) is 24.8 Å². The van der Waals surface area contributed by atoms with E-state index in [0.717, 1.165) is 5.56 Å². The number of amides is 2. The largest absolute Gasteiger partial charge is 0.359 e. The maximum absolute atomic E-state index is 12.3. The molecule has 0 aliphatic carbocycles. The van der Waals surface area contributed by atoms with Gasteiger partial charge < -0.3 is 16.0 Å². The summed E-state index contributed by atoms with van der Waals surface area (Å²) < 4.78 is 0. The molecule has 1 aromatic rings. The Morgan fingerprint density at radius 3 is 2.48 bits per heavy atom. The van der Waals surface area contributed by atoms with Crippen molar-refractivity contribution < 1.29 is 9.59 Å². The lowest BCUT2D eigenvalue weighted by atomic mass is 9.95. The van der Waals surface area contributed by atoms with Crippen molar-refractivity contribution >= 4 is 11.8 Å². The van der Waals surface area contributed by atoms with Crippen LogP contribution in [0.1, 0.15) is 18.4 Å². The van der Waals surface area contributed by atoms with Crippen molar-refractivity contribution in [2.24, 2.45) is 11.7 Å². The van der Waals surface area contributed by atoms with Crippen LogP contribution in [0.3, 0.4) is 0 Å². The van der Waals surface area contributed by atoms with E-state index in [1.807, 2.05) is 30.3 Å². The van der Waals surface area contributed by atoms with Crippen LogP contribution in [0.15, 0.2) is 30.3 Å². The van der Waals surface area contributed by atoms with Gasteiger partial charge in [0.1, 0.15) is 0 Å². The number of nitrogens with zero attached hydrogens (tertiary/aromatic N) is 1. The van der Waals surface area contributed by atoms with Gasteiger partial charge in [0, 0.05) is 26.1 Å². The van der Waals surface area contributed by atoms with Crippen molar-refractivity contribution in [3.8, 4) is 0 Å². The molecule has 0 radical (unpaired) electrons. The summed E-state index contributed by atoms with van der Waals surface area (Å²) in [6, 6.07) is 9.28. The van der Waals surface area contributed by atoms with E-state index in [2.05, 4.69) is 5.32 Å². The molecule has 1 aromatic carbocycles. The summed E-state index contributed by atoms with van der Waals surface area (Å²) in [5.41, 5.74) is 7.10. The Balaban J connectivity index is 1.85. The summed E-state index contributed by atoms with van der Waals surface area (Å²) in [5, 5.41) is 2.67. The molecule has 1 saturated heterocycles. The molecule has 5 heteroatoms. The summed E-state index contributed by atoms with van der Waals surface area (Å²) in [6.45, 7) is 1.22. The van der Waals surface area contributed by atoms with Crippen molar-refractivity contribution in [3.63, 3.8) is 0 Å². The fraction of sp³-hybridized carbons (Fsp3) is 0.500. The maximum atomic E-state index is 12.3. The second kappa shape index (κ2) is 7.22. The molecule has 0 spiro atoms. The van der Waals surface area contributed by atoms with Crippen molar-refractivity contribution in [1.82, 2.24) is 10.2 Å². The summed E-state index contributed by atoms with van der Waals surface area (Å²) in [6.07, 6.45) is 1.97. The summed E-state index contributed by atoms with van der Waals surface area (Å²) in [7, 11) is 1.65. The van der Waals surface area contributed by atoms with Gasteiger partial charge in [0.2, 0.25) is 11.8 Å². The zero-order valence-electron chi connectivity index (χ0n) is 12.4. The molecule has 1 aliphatic rings. The lowest BCUT2D eigenvalue weighted by Crippen LogP contribution is -2.49. The van der Waals surface area contributed by atoms with Crippen molar-refractivity contribution in [1.29, 1.82) is 0 Å². The number of rotatable bonds is 4. The molecule has 2 rings (SSSR count). The van der Waals surface area contributed by atoms with Gasteiger partial charge in [-0.15, -0.1) is 0 Å². The van der Waals surface area contributed by atoms with E-state index in [1.165, 1.54) is 0 Å². The molecule has 1 atom stereocenters. The molecule has 2 amide bonds. The molecule has 21 heavy (non-hydrogen) atoms. The minimum Gasteiger partial charge on any atom is -0.359 e. The fourth-order valence-corrected chi connectivity index (χ4v) is 2.76. The smallest absolute Gasteiger partial charge is 0.239 e. The molecule has 3 N–H and O–H groups in total. The second-order valence-corrected chi connectivity index (χ2v) is 5.51. The molecule has 0 saturated carbocycles. The zero-order chi connectivity index (χ0) is 15.2. The Bertz CT molecular complexity index is 482. The number of nitrogens with one attached hydrogen (secondary N) is 1. The van der Waals surface area contributed by atoms with Gasteiger partial charge in [0.05, 0.1) is 6.04 Å². The van der Waals surface area contributed by atoms with Gasteiger partial charge >= 0.3 is 0 Å². The number of nitrogens with two attached hydrogens (primary N) is 1.